The molecule has 26 heavy (non-hydrogen) atoms. The fourth-order valence-electron chi connectivity index (χ4n) is 3.04. The predicted molar refractivity (Wildman–Crippen MR) is 106 cm³/mol. The van der Waals surface area contributed by atoms with E-state index in [1.165, 1.54) is 0 Å². The summed E-state index contributed by atoms with van der Waals surface area (Å²) in [6.45, 7) is 8.79. The molecule has 0 unspecified atom stereocenters. The first-order chi connectivity index (χ1) is 12.5. The first-order valence-electron chi connectivity index (χ1n) is 8.87. The molecule has 5 nitrogen and oxygen atoms in total. The van der Waals surface area contributed by atoms with Crippen LogP contribution in [0.15, 0.2) is 24.3 Å². The number of nitrogens with zero attached hydrogens (tertiary/aromatic N) is 2. The number of rotatable bonds is 6. The van der Waals surface area contributed by atoms with Crippen molar-refractivity contribution in [2.45, 2.75) is 33.0 Å². The molecule has 0 bridgehead atoms. The van der Waals surface area contributed by atoms with Gasteiger partial charge in [0.25, 0.3) is 0 Å². The molecular weight excluding hydrogens is 326 g/mol. The lowest BCUT2D eigenvalue weighted by atomic mass is 10.2. The largest absolute Gasteiger partial charge is 0.372 e. The highest BCUT2D eigenvalue weighted by Gasteiger charge is 2.22. The van der Waals surface area contributed by atoms with Gasteiger partial charge in [-0.25, -0.2) is 0 Å². The summed E-state index contributed by atoms with van der Waals surface area (Å²) >= 11 is 0. The molecule has 1 amide bonds. The molecule has 1 aromatic carbocycles. The normalized spacial score (nSPS) is 19.4. The molecule has 0 spiro atoms. The first-order valence-corrected chi connectivity index (χ1v) is 8.87. The van der Waals surface area contributed by atoms with Crippen molar-refractivity contribution in [1.29, 1.82) is 0 Å². The van der Waals surface area contributed by atoms with Gasteiger partial charge in [-0.15, -0.1) is 12.3 Å². The van der Waals surface area contributed by atoms with E-state index in [1.54, 1.807) is 6.92 Å². The molecule has 5 heteroatoms. The summed E-state index contributed by atoms with van der Waals surface area (Å²) in [6.07, 6.45) is 5.78. The van der Waals surface area contributed by atoms with E-state index >= 15 is 0 Å². The summed E-state index contributed by atoms with van der Waals surface area (Å²) in [5.41, 5.74) is 1.91. The van der Waals surface area contributed by atoms with Crippen LogP contribution in [0.5, 0.6) is 0 Å². The van der Waals surface area contributed by atoms with Gasteiger partial charge in [0.05, 0.1) is 31.8 Å². The molecule has 1 saturated heterocycles. The van der Waals surface area contributed by atoms with Gasteiger partial charge < -0.3 is 15.0 Å². The maximum atomic E-state index is 12.2. The van der Waals surface area contributed by atoms with Gasteiger partial charge in [-0.3, -0.25) is 9.69 Å². The van der Waals surface area contributed by atoms with Gasteiger partial charge in [-0.05, 0) is 45.0 Å². The Morgan fingerprint density at radius 1 is 1.27 bits per heavy atom. The SMILES string of the molecule is C#CCN(CC#CC)CC(=O)Nc1ccc(N2C[C@@H](C)O[C@H](C)C2)cc1. The van der Waals surface area contributed by atoms with Gasteiger partial charge >= 0.3 is 0 Å². The summed E-state index contributed by atoms with van der Waals surface area (Å²) in [5.74, 6) is 8.22. The Kier molecular flexibility index (Phi) is 7.53. The van der Waals surface area contributed by atoms with Crippen molar-refractivity contribution in [3.05, 3.63) is 24.3 Å². The van der Waals surface area contributed by atoms with Crippen LogP contribution in [0.1, 0.15) is 20.8 Å². The molecule has 1 fully saturated rings. The number of amides is 1. The number of nitrogens with one attached hydrogen (secondary N) is 1. The van der Waals surface area contributed by atoms with Gasteiger partial charge in [0.2, 0.25) is 5.91 Å². The van der Waals surface area contributed by atoms with Crippen molar-refractivity contribution in [3.63, 3.8) is 0 Å². The number of hydrogen-bond acceptors (Lipinski definition) is 4. The first kappa shape index (κ1) is 19.8. The maximum Gasteiger partial charge on any atom is 0.238 e. The minimum Gasteiger partial charge on any atom is -0.372 e. The van der Waals surface area contributed by atoms with Crippen molar-refractivity contribution in [1.82, 2.24) is 4.90 Å². The van der Waals surface area contributed by atoms with E-state index in [9.17, 15) is 4.79 Å². The number of morpholine rings is 1. The van der Waals surface area contributed by atoms with E-state index in [-0.39, 0.29) is 24.7 Å². The Labute approximate surface area is 156 Å². The average molecular weight is 353 g/mol. The minimum atomic E-state index is -0.0977. The van der Waals surface area contributed by atoms with Gasteiger partial charge in [0, 0.05) is 24.5 Å². The third-order valence-electron chi connectivity index (χ3n) is 4.10. The Hall–Kier alpha value is -2.47. The van der Waals surface area contributed by atoms with E-state index in [2.05, 4.69) is 41.8 Å². The van der Waals surface area contributed by atoms with Gasteiger partial charge in [0.1, 0.15) is 0 Å². The highest BCUT2D eigenvalue weighted by molar-refractivity contribution is 5.92. The molecule has 0 radical (unpaired) electrons. The second-order valence-electron chi connectivity index (χ2n) is 6.53. The molecule has 2 atom stereocenters. The molecule has 1 heterocycles. The lowest BCUT2D eigenvalue weighted by Gasteiger charge is -2.36. The van der Waals surface area contributed by atoms with E-state index < -0.39 is 0 Å². The number of anilines is 2. The number of carbonyl (C=O) groups is 1. The van der Waals surface area contributed by atoms with Crippen LogP contribution in [0, 0.1) is 24.2 Å². The average Bonchev–Trinajstić information content (AvgIpc) is 2.59. The molecule has 0 aliphatic carbocycles. The standard InChI is InChI=1S/C21H27N3O2/c1-5-7-13-23(12-6-2)16-21(25)22-19-8-10-20(11-9-19)24-14-17(3)26-18(4)15-24/h2,8-11,17-18H,12-16H2,1,3-4H3,(H,22,25)/t17-,18-/m1/s1. The highest BCUT2D eigenvalue weighted by Crippen LogP contribution is 2.22. The molecule has 1 aliphatic rings. The van der Waals surface area contributed by atoms with E-state index in [0.29, 0.717) is 13.1 Å². The fraction of sp³-hybridized carbons (Fsp3) is 0.476. The van der Waals surface area contributed by atoms with Crippen LogP contribution in [0.3, 0.4) is 0 Å². The van der Waals surface area contributed by atoms with Crippen LogP contribution in [0.4, 0.5) is 11.4 Å². The number of terminal acetylenes is 1. The third-order valence-corrected chi connectivity index (χ3v) is 4.10. The monoisotopic (exact) mass is 353 g/mol. The molecule has 2 rings (SSSR count). The zero-order chi connectivity index (χ0) is 18.9. The number of benzene rings is 1. The molecule has 0 aromatic heterocycles. The Bertz CT molecular complexity index is 687. The Morgan fingerprint density at radius 3 is 2.50 bits per heavy atom. The van der Waals surface area contributed by atoms with E-state index in [0.717, 1.165) is 24.5 Å². The fourth-order valence-corrected chi connectivity index (χ4v) is 3.04. The molecule has 1 N–H and O–H groups in total. The van der Waals surface area contributed by atoms with Gasteiger partial charge in [-0.1, -0.05) is 11.8 Å². The number of carbonyl (C=O) groups excluding carboxylic acids is 1. The van der Waals surface area contributed by atoms with E-state index in [1.807, 2.05) is 29.2 Å². The van der Waals surface area contributed by atoms with Crippen LogP contribution >= 0.6 is 0 Å². The summed E-state index contributed by atoms with van der Waals surface area (Å²) in [5, 5.41) is 2.91. The molecule has 0 saturated carbocycles. The maximum absolute atomic E-state index is 12.2. The van der Waals surface area contributed by atoms with Crippen molar-refractivity contribution < 1.29 is 9.53 Å². The van der Waals surface area contributed by atoms with Crippen LogP contribution in [-0.2, 0) is 9.53 Å². The van der Waals surface area contributed by atoms with Crippen molar-refractivity contribution in [2.24, 2.45) is 0 Å². The zero-order valence-corrected chi connectivity index (χ0v) is 15.8. The Morgan fingerprint density at radius 2 is 1.92 bits per heavy atom. The summed E-state index contributed by atoms with van der Waals surface area (Å²) in [6, 6.07) is 7.91. The minimum absolute atomic E-state index is 0.0977. The quantitative estimate of drug-likeness (QED) is 0.797. The molecule has 138 valence electrons. The van der Waals surface area contributed by atoms with Crippen LogP contribution in [-0.4, -0.2) is 55.7 Å². The summed E-state index contributed by atoms with van der Waals surface area (Å²) in [4.78, 5) is 16.4. The van der Waals surface area contributed by atoms with Gasteiger partial charge in [-0.2, -0.15) is 0 Å². The zero-order valence-electron chi connectivity index (χ0n) is 15.8. The van der Waals surface area contributed by atoms with Gasteiger partial charge in [0.15, 0.2) is 0 Å². The summed E-state index contributed by atoms with van der Waals surface area (Å²) < 4.78 is 5.77. The molecule has 1 aliphatic heterocycles. The smallest absolute Gasteiger partial charge is 0.238 e. The second-order valence-corrected chi connectivity index (χ2v) is 6.53. The van der Waals surface area contributed by atoms with Crippen LogP contribution in [0.2, 0.25) is 0 Å². The van der Waals surface area contributed by atoms with Crippen molar-refractivity contribution in [2.75, 3.05) is 42.9 Å². The van der Waals surface area contributed by atoms with Crippen LogP contribution < -0.4 is 10.2 Å². The number of hydrogen-bond donors (Lipinski definition) is 1. The number of ether oxygens (including phenoxy) is 1. The lowest BCUT2D eigenvalue weighted by molar-refractivity contribution is -0.117. The lowest BCUT2D eigenvalue weighted by Crippen LogP contribution is -2.45. The molecular formula is C21H27N3O2. The van der Waals surface area contributed by atoms with Crippen molar-refractivity contribution in [3.8, 4) is 24.2 Å². The van der Waals surface area contributed by atoms with E-state index in [4.69, 9.17) is 11.2 Å². The Balaban J connectivity index is 1.92. The molecule has 1 aromatic rings. The van der Waals surface area contributed by atoms with Crippen molar-refractivity contribution >= 4 is 17.3 Å². The van der Waals surface area contributed by atoms with Crippen LogP contribution in [0.25, 0.3) is 0 Å². The highest BCUT2D eigenvalue weighted by atomic mass is 16.5. The third kappa shape index (κ3) is 6.11. The second kappa shape index (κ2) is 9.87. The summed E-state index contributed by atoms with van der Waals surface area (Å²) in [7, 11) is 0. The predicted octanol–water partition coefficient (Wildman–Crippen LogP) is 2.20. The topological polar surface area (TPSA) is 44.8 Å².